The van der Waals surface area contributed by atoms with Crippen molar-refractivity contribution in [2.24, 2.45) is 0 Å². The van der Waals surface area contributed by atoms with Crippen LogP contribution in [0.3, 0.4) is 0 Å². The van der Waals surface area contributed by atoms with Gasteiger partial charge in [0.05, 0.1) is 11.4 Å². The first-order chi connectivity index (χ1) is 11.1. The Morgan fingerprint density at radius 2 is 1.87 bits per heavy atom. The third-order valence-corrected chi connectivity index (χ3v) is 3.51. The minimum absolute atomic E-state index is 0.0333. The second-order valence-corrected chi connectivity index (χ2v) is 5.00. The van der Waals surface area contributed by atoms with Gasteiger partial charge in [-0.15, -0.1) is 0 Å². The largest absolute Gasteiger partial charge is 0.305 e. The average molecular weight is 310 g/mol. The van der Waals surface area contributed by atoms with Crippen LogP contribution in [0.25, 0.3) is 11.3 Å². The number of anilines is 1. The van der Waals surface area contributed by atoms with Crippen LogP contribution in [0.15, 0.2) is 35.4 Å². The summed E-state index contributed by atoms with van der Waals surface area (Å²) in [6.07, 6.45) is 3.33. The predicted octanol–water partition coefficient (Wildman–Crippen LogP) is 1.42. The van der Waals surface area contributed by atoms with Crippen molar-refractivity contribution >= 4 is 11.7 Å². The molecule has 0 fully saturated rings. The van der Waals surface area contributed by atoms with E-state index in [9.17, 15) is 9.59 Å². The van der Waals surface area contributed by atoms with Crippen molar-refractivity contribution in [1.82, 2.24) is 25.4 Å². The van der Waals surface area contributed by atoms with E-state index in [1.807, 2.05) is 12.1 Å². The first-order valence-corrected chi connectivity index (χ1v) is 6.89. The van der Waals surface area contributed by atoms with Gasteiger partial charge in [0.1, 0.15) is 5.56 Å². The molecule has 0 aliphatic carbocycles. The Kier molecular flexibility index (Phi) is 3.71. The molecular weight excluding hydrogens is 296 g/mol. The van der Waals surface area contributed by atoms with Crippen LogP contribution >= 0.6 is 0 Å². The van der Waals surface area contributed by atoms with Gasteiger partial charge >= 0.3 is 0 Å². The second kappa shape index (κ2) is 5.84. The fraction of sp³-hybridized carbons (Fsp3) is 0.133. The van der Waals surface area contributed by atoms with Crippen LogP contribution < -0.4 is 10.9 Å². The molecule has 23 heavy (non-hydrogen) atoms. The molecule has 0 aromatic carbocycles. The normalized spacial score (nSPS) is 10.5. The van der Waals surface area contributed by atoms with Crippen molar-refractivity contribution < 1.29 is 4.79 Å². The zero-order valence-corrected chi connectivity index (χ0v) is 12.5. The summed E-state index contributed by atoms with van der Waals surface area (Å²) >= 11 is 0. The molecule has 0 unspecified atom stereocenters. The smallest absolute Gasteiger partial charge is 0.277 e. The van der Waals surface area contributed by atoms with Gasteiger partial charge in [-0.3, -0.25) is 19.7 Å². The first-order valence-electron chi connectivity index (χ1n) is 6.89. The highest BCUT2D eigenvalue weighted by Gasteiger charge is 2.17. The van der Waals surface area contributed by atoms with Crippen molar-refractivity contribution in [3.8, 4) is 11.3 Å². The van der Waals surface area contributed by atoms with Gasteiger partial charge in [0.15, 0.2) is 5.82 Å². The number of H-pyrrole nitrogens is 2. The van der Waals surface area contributed by atoms with Gasteiger partial charge in [-0.05, 0) is 31.5 Å². The van der Waals surface area contributed by atoms with E-state index < -0.39 is 11.5 Å². The quantitative estimate of drug-likeness (QED) is 0.676. The van der Waals surface area contributed by atoms with Crippen molar-refractivity contribution in [3.05, 3.63) is 57.8 Å². The monoisotopic (exact) mass is 310 g/mol. The van der Waals surface area contributed by atoms with Crippen LogP contribution in [-0.2, 0) is 0 Å². The van der Waals surface area contributed by atoms with Crippen LogP contribution in [0, 0.1) is 13.8 Å². The van der Waals surface area contributed by atoms with E-state index in [1.54, 1.807) is 32.3 Å². The fourth-order valence-electron chi connectivity index (χ4n) is 2.14. The van der Waals surface area contributed by atoms with Gasteiger partial charge in [-0.1, -0.05) is 0 Å². The van der Waals surface area contributed by atoms with Crippen LogP contribution in [0.5, 0.6) is 0 Å². The molecule has 8 nitrogen and oxygen atoms in total. The summed E-state index contributed by atoms with van der Waals surface area (Å²) in [5.74, 6) is -0.197. The summed E-state index contributed by atoms with van der Waals surface area (Å²) in [5.41, 5.74) is 2.26. The van der Waals surface area contributed by atoms with Gasteiger partial charge in [0.25, 0.3) is 11.5 Å². The SMILES string of the molecule is Cc1n[nH]c(=O)c(C(=O)Nc2cc(-c3ccncc3)[nH]n2)c1C. The van der Waals surface area contributed by atoms with Crippen molar-refractivity contribution in [2.75, 3.05) is 5.32 Å². The second-order valence-electron chi connectivity index (χ2n) is 5.00. The highest BCUT2D eigenvalue weighted by molar-refractivity contribution is 6.04. The van der Waals surface area contributed by atoms with E-state index in [4.69, 9.17) is 0 Å². The average Bonchev–Trinajstić information content (AvgIpc) is 3.01. The Hall–Kier alpha value is -3.29. The molecule has 3 rings (SSSR count). The number of carbonyl (C=O) groups is 1. The summed E-state index contributed by atoms with van der Waals surface area (Å²) in [6, 6.07) is 5.32. The van der Waals surface area contributed by atoms with Crippen molar-refractivity contribution in [3.63, 3.8) is 0 Å². The highest BCUT2D eigenvalue weighted by atomic mass is 16.2. The van der Waals surface area contributed by atoms with Gasteiger partial charge in [0.2, 0.25) is 0 Å². The topological polar surface area (TPSA) is 116 Å². The van der Waals surface area contributed by atoms with Gasteiger partial charge in [-0.2, -0.15) is 10.2 Å². The molecule has 3 aromatic rings. The molecule has 0 aliphatic heterocycles. The van der Waals surface area contributed by atoms with E-state index in [1.165, 1.54) is 0 Å². The Morgan fingerprint density at radius 3 is 2.61 bits per heavy atom. The number of nitrogens with one attached hydrogen (secondary N) is 3. The Labute approximate surface area is 131 Å². The maximum Gasteiger partial charge on any atom is 0.277 e. The van der Waals surface area contributed by atoms with Gasteiger partial charge < -0.3 is 5.32 Å². The van der Waals surface area contributed by atoms with E-state index in [0.29, 0.717) is 17.1 Å². The van der Waals surface area contributed by atoms with Crippen LogP contribution in [0.2, 0.25) is 0 Å². The molecule has 0 radical (unpaired) electrons. The number of aromatic amines is 2. The third-order valence-electron chi connectivity index (χ3n) is 3.51. The van der Waals surface area contributed by atoms with Crippen molar-refractivity contribution in [2.45, 2.75) is 13.8 Å². The summed E-state index contributed by atoms with van der Waals surface area (Å²) in [5, 5.41) is 15.6. The Balaban J connectivity index is 1.86. The van der Waals surface area contributed by atoms with Gasteiger partial charge in [-0.25, -0.2) is 5.10 Å². The van der Waals surface area contributed by atoms with Crippen LogP contribution in [-0.4, -0.2) is 31.3 Å². The molecule has 3 N–H and O–H groups in total. The maximum atomic E-state index is 12.3. The van der Waals surface area contributed by atoms with Crippen LogP contribution in [0.4, 0.5) is 5.82 Å². The Morgan fingerprint density at radius 1 is 1.13 bits per heavy atom. The number of nitrogens with zero attached hydrogens (tertiary/aromatic N) is 3. The van der Waals surface area contributed by atoms with Crippen molar-refractivity contribution in [1.29, 1.82) is 0 Å². The summed E-state index contributed by atoms with van der Waals surface area (Å²) < 4.78 is 0. The lowest BCUT2D eigenvalue weighted by Gasteiger charge is -2.05. The lowest BCUT2D eigenvalue weighted by molar-refractivity contribution is 0.102. The zero-order chi connectivity index (χ0) is 16.4. The Bertz CT molecular complexity index is 913. The van der Waals surface area contributed by atoms with Crippen LogP contribution in [0.1, 0.15) is 21.6 Å². The number of aromatic nitrogens is 5. The maximum absolute atomic E-state index is 12.3. The number of rotatable bonds is 3. The number of aryl methyl sites for hydroxylation is 1. The van der Waals surface area contributed by atoms with E-state index in [2.05, 4.69) is 30.7 Å². The van der Waals surface area contributed by atoms with E-state index in [0.717, 1.165) is 11.3 Å². The molecule has 116 valence electrons. The fourth-order valence-corrected chi connectivity index (χ4v) is 2.14. The minimum atomic E-state index is -0.532. The minimum Gasteiger partial charge on any atom is -0.305 e. The molecule has 1 amide bonds. The highest BCUT2D eigenvalue weighted by Crippen LogP contribution is 2.19. The lowest BCUT2D eigenvalue weighted by Crippen LogP contribution is -2.26. The zero-order valence-electron chi connectivity index (χ0n) is 12.5. The molecule has 0 aliphatic rings. The molecule has 3 aromatic heterocycles. The molecule has 8 heteroatoms. The first kappa shape index (κ1) is 14.6. The van der Waals surface area contributed by atoms with Gasteiger partial charge in [0, 0.05) is 24.0 Å². The third kappa shape index (κ3) is 2.86. The molecular formula is C15H14N6O2. The molecule has 0 bridgehead atoms. The standard InChI is InChI=1S/C15H14N6O2/c1-8-9(2)18-21-15(23)13(8)14(22)17-12-7-11(19-20-12)10-3-5-16-6-4-10/h3-7H,1-2H3,(H,21,23)(H2,17,19,20,22). The molecule has 0 saturated carbocycles. The number of amides is 1. The summed E-state index contributed by atoms with van der Waals surface area (Å²) in [4.78, 5) is 28.1. The molecule has 0 saturated heterocycles. The lowest BCUT2D eigenvalue weighted by atomic mass is 10.1. The molecule has 3 heterocycles. The summed E-state index contributed by atoms with van der Waals surface area (Å²) in [6.45, 7) is 3.40. The van der Waals surface area contributed by atoms with E-state index >= 15 is 0 Å². The summed E-state index contributed by atoms with van der Waals surface area (Å²) in [7, 11) is 0. The number of carbonyl (C=O) groups excluding carboxylic acids is 1. The molecule has 0 spiro atoms. The predicted molar refractivity (Wildman–Crippen MR) is 84.1 cm³/mol. The number of hydrogen-bond acceptors (Lipinski definition) is 5. The number of pyridine rings is 1. The van der Waals surface area contributed by atoms with E-state index in [-0.39, 0.29) is 5.56 Å². The molecule has 0 atom stereocenters. The number of hydrogen-bond donors (Lipinski definition) is 3.